The quantitative estimate of drug-likeness (QED) is 0.815. The number of thiophene rings is 1. The topological polar surface area (TPSA) is 12.0 Å². The zero-order valence-electron chi connectivity index (χ0n) is 8.34. The first-order valence-electron chi connectivity index (χ1n) is 4.67. The average Bonchev–Trinajstić information content (AvgIpc) is 2.50. The molecular weight excluding hydrogens is 234 g/mol. The Balaban J connectivity index is 2.12. The van der Waals surface area contributed by atoms with E-state index in [2.05, 4.69) is 25.2 Å². The SMILES string of the molecule is CC1(C)CSCC(c2ccc(Cl)s2)N1. The van der Waals surface area contributed by atoms with Gasteiger partial charge in [0.2, 0.25) is 0 Å². The van der Waals surface area contributed by atoms with E-state index < -0.39 is 0 Å². The van der Waals surface area contributed by atoms with Crippen molar-refractivity contribution in [3.8, 4) is 0 Å². The van der Waals surface area contributed by atoms with Gasteiger partial charge in [-0.25, -0.2) is 0 Å². The van der Waals surface area contributed by atoms with Crippen LogP contribution in [0, 0.1) is 0 Å². The molecule has 1 aromatic heterocycles. The minimum absolute atomic E-state index is 0.240. The van der Waals surface area contributed by atoms with Gasteiger partial charge in [-0.3, -0.25) is 0 Å². The summed E-state index contributed by atoms with van der Waals surface area (Å²) in [6.45, 7) is 4.50. The van der Waals surface area contributed by atoms with Gasteiger partial charge in [0.05, 0.1) is 10.4 Å². The summed E-state index contributed by atoms with van der Waals surface area (Å²) >= 11 is 9.63. The zero-order chi connectivity index (χ0) is 10.2. The molecule has 78 valence electrons. The maximum absolute atomic E-state index is 5.93. The number of hydrogen-bond donors (Lipinski definition) is 1. The van der Waals surface area contributed by atoms with Crippen molar-refractivity contribution < 1.29 is 0 Å². The zero-order valence-corrected chi connectivity index (χ0v) is 10.7. The maximum atomic E-state index is 5.93. The molecule has 0 saturated carbocycles. The van der Waals surface area contributed by atoms with Crippen LogP contribution in [0.5, 0.6) is 0 Å². The van der Waals surface area contributed by atoms with Crippen LogP contribution in [-0.2, 0) is 0 Å². The number of halogens is 1. The van der Waals surface area contributed by atoms with Gasteiger partial charge in [0.15, 0.2) is 0 Å². The Hall–Kier alpha value is 0.300. The number of rotatable bonds is 1. The monoisotopic (exact) mass is 247 g/mol. The molecule has 1 saturated heterocycles. The molecule has 1 aromatic rings. The molecule has 1 N–H and O–H groups in total. The minimum Gasteiger partial charge on any atom is -0.303 e. The third-order valence-electron chi connectivity index (χ3n) is 2.25. The van der Waals surface area contributed by atoms with Crippen molar-refractivity contribution in [1.29, 1.82) is 0 Å². The van der Waals surface area contributed by atoms with Gasteiger partial charge >= 0.3 is 0 Å². The van der Waals surface area contributed by atoms with Crippen LogP contribution in [-0.4, -0.2) is 17.0 Å². The Morgan fingerprint density at radius 3 is 2.86 bits per heavy atom. The van der Waals surface area contributed by atoms with E-state index in [1.54, 1.807) is 11.3 Å². The normalized spacial score (nSPS) is 26.4. The van der Waals surface area contributed by atoms with Crippen molar-refractivity contribution in [2.45, 2.75) is 25.4 Å². The summed E-state index contributed by atoms with van der Waals surface area (Å²) in [6, 6.07) is 4.59. The van der Waals surface area contributed by atoms with Crippen LogP contribution in [0.25, 0.3) is 0 Å². The second-order valence-corrected chi connectivity index (χ2v) is 7.01. The fraction of sp³-hybridized carbons (Fsp3) is 0.600. The maximum Gasteiger partial charge on any atom is 0.0931 e. The molecule has 4 heteroatoms. The molecule has 0 radical (unpaired) electrons. The predicted molar refractivity (Wildman–Crippen MR) is 66.6 cm³/mol. The summed E-state index contributed by atoms with van der Waals surface area (Å²) in [4.78, 5) is 1.36. The first-order valence-corrected chi connectivity index (χ1v) is 7.02. The molecule has 2 rings (SSSR count). The first-order chi connectivity index (χ1) is 6.57. The summed E-state index contributed by atoms with van der Waals surface area (Å²) < 4.78 is 0.884. The van der Waals surface area contributed by atoms with Gasteiger partial charge in [-0.2, -0.15) is 11.8 Å². The van der Waals surface area contributed by atoms with Crippen LogP contribution < -0.4 is 5.32 Å². The van der Waals surface area contributed by atoms with E-state index in [1.807, 2.05) is 17.8 Å². The van der Waals surface area contributed by atoms with Crippen molar-refractivity contribution in [2.75, 3.05) is 11.5 Å². The molecule has 0 aliphatic carbocycles. The Labute approximate surface area is 98.2 Å². The predicted octanol–water partition coefficient (Wildman–Crippen LogP) is 3.56. The Morgan fingerprint density at radius 2 is 2.29 bits per heavy atom. The van der Waals surface area contributed by atoms with Crippen molar-refractivity contribution in [3.63, 3.8) is 0 Å². The highest BCUT2D eigenvalue weighted by Gasteiger charge is 2.28. The highest BCUT2D eigenvalue weighted by molar-refractivity contribution is 7.99. The number of thioether (sulfide) groups is 1. The van der Waals surface area contributed by atoms with E-state index >= 15 is 0 Å². The number of hydrogen-bond acceptors (Lipinski definition) is 3. The largest absolute Gasteiger partial charge is 0.303 e. The molecule has 0 amide bonds. The van der Waals surface area contributed by atoms with Gasteiger partial charge in [0.1, 0.15) is 0 Å². The summed E-state index contributed by atoms with van der Waals surface area (Å²) in [5.74, 6) is 2.34. The van der Waals surface area contributed by atoms with Crippen molar-refractivity contribution in [3.05, 3.63) is 21.3 Å². The minimum atomic E-state index is 0.240. The van der Waals surface area contributed by atoms with Gasteiger partial charge < -0.3 is 5.32 Å². The van der Waals surface area contributed by atoms with Gasteiger partial charge in [-0.1, -0.05) is 11.6 Å². The van der Waals surface area contributed by atoms with Crippen LogP contribution in [0.3, 0.4) is 0 Å². The lowest BCUT2D eigenvalue weighted by Gasteiger charge is -2.36. The van der Waals surface area contributed by atoms with Crippen LogP contribution in [0.1, 0.15) is 24.8 Å². The summed E-state index contributed by atoms with van der Waals surface area (Å²) in [7, 11) is 0. The molecule has 0 bridgehead atoms. The highest BCUT2D eigenvalue weighted by atomic mass is 35.5. The molecule has 0 aromatic carbocycles. The standard InChI is InChI=1S/C10H14ClNS2/c1-10(2)6-13-5-7(12-10)8-3-4-9(11)14-8/h3-4,7,12H,5-6H2,1-2H3. The van der Waals surface area contributed by atoms with E-state index in [-0.39, 0.29) is 5.54 Å². The summed E-state index contributed by atoms with van der Waals surface area (Å²) in [5, 5.41) is 3.65. The van der Waals surface area contributed by atoms with E-state index in [0.717, 1.165) is 10.1 Å². The molecule has 1 unspecified atom stereocenters. The smallest absolute Gasteiger partial charge is 0.0931 e. The van der Waals surface area contributed by atoms with Crippen molar-refractivity contribution >= 4 is 34.7 Å². The molecule has 1 atom stereocenters. The lowest BCUT2D eigenvalue weighted by Crippen LogP contribution is -2.47. The molecule has 1 nitrogen and oxygen atoms in total. The van der Waals surface area contributed by atoms with Gasteiger partial charge in [-0.05, 0) is 26.0 Å². The Bertz CT molecular complexity index is 322. The Morgan fingerprint density at radius 1 is 1.50 bits per heavy atom. The summed E-state index contributed by atoms with van der Waals surface area (Å²) in [6.07, 6.45) is 0. The average molecular weight is 248 g/mol. The Kier molecular flexibility index (Phi) is 3.12. The first kappa shape index (κ1) is 10.8. The molecular formula is C10H14ClNS2. The second kappa shape index (κ2) is 4.05. The third-order valence-corrected chi connectivity index (χ3v) is 5.09. The molecule has 1 fully saturated rings. The molecule has 1 aliphatic heterocycles. The van der Waals surface area contributed by atoms with E-state index in [1.165, 1.54) is 10.6 Å². The van der Waals surface area contributed by atoms with Crippen LogP contribution in [0.15, 0.2) is 12.1 Å². The molecule has 14 heavy (non-hydrogen) atoms. The molecule has 0 spiro atoms. The number of nitrogens with one attached hydrogen (secondary N) is 1. The second-order valence-electron chi connectivity index (χ2n) is 4.24. The van der Waals surface area contributed by atoms with Gasteiger partial charge in [0.25, 0.3) is 0 Å². The third kappa shape index (κ3) is 2.45. The van der Waals surface area contributed by atoms with Crippen LogP contribution >= 0.6 is 34.7 Å². The molecule has 1 aliphatic rings. The van der Waals surface area contributed by atoms with Crippen LogP contribution in [0.4, 0.5) is 0 Å². The lowest BCUT2D eigenvalue weighted by molar-refractivity contribution is 0.379. The van der Waals surface area contributed by atoms with Crippen LogP contribution in [0.2, 0.25) is 4.34 Å². The van der Waals surface area contributed by atoms with E-state index in [4.69, 9.17) is 11.6 Å². The fourth-order valence-electron chi connectivity index (χ4n) is 1.66. The van der Waals surface area contributed by atoms with E-state index in [0.29, 0.717) is 6.04 Å². The lowest BCUT2D eigenvalue weighted by atomic mass is 10.1. The van der Waals surface area contributed by atoms with E-state index in [9.17, 15) is 0 Å². The fourth-order valence-corrected chi connectivity index (χ4v) is 4.08. The van der Waals surface area contributed by atoms with Gasteiger partial charge in [-0.15, -0.1) is 11.3 Å². The molecule has 2 heterocycles. The van der Waals surface area contributed by atoms with Crippen molar-refractivity contribution in [1.82, 2.24) is 5.32 Å². The summed E-state index contributed by atoms with van der Waals surface area (Å²) in [5.41, 5.74) is 0.240. The highest BCUT2D eigenvalue weighted by Crippen LogP contribution is 2.34. The van der Waals surface area contributed by atoms with Gasteiger partial charge in [0, 0.05) is 21.9 Å². The van der Waals surface area contributed by atoms with Crippen molar-refractivity contribution in [2.24, 2.45) is 0 Å².